The van der Waals surface area contributed by atoms with Crippen molar-refractivity contribution >= 4 is 35.2 Å². The van der Waals surface area contributed by atoms with E-state index in [2.05, 4.69) is 21.3 Å². The fourth-order valence-corrected chi connectivity index (χ4v) is 10.1. The molecule has 0 aromatic rings. The number of hydrogen-bond donors (Lipinski definition) is 13. The average molecular weight is 1170 g/mol. The molecule has 3 saturated heterocycles. The quantitative estimate of drug-likeness (QED) is 0.0349. The Labute approximate surface area is 477 Å². The molecule has 470 valence electrons. The summed E-state index contributed by atoms with van der Waals surface area (Å²) in [6, 6.07) is -1.91. The van der Waals surface area contributed by atoms with Gasteiger partial charge >= 0.3 is 0 Å². The maximum absolute atomic E-state index is 14.1. The van der Waals surface area contributed by atoms with Crippen LogP contribution < -0.4 is 21.3 Å². The first-order valence-corrected chi connectivity index (χ1v) is 29.5. The monoisotopic (exact) mass is 1160 g/mol. The number of amides is 4. The molecular weight excluding hydrogens is 1060 g/mol. The van der Waals surface area contributed by atoms with Crippen LogP contribution in [0.2, 0.25) is 0 Å². The Hall–Kier alpha value is -3.38. The third-order valence-electron chi connectivity index (χ3n) is 15.3. The summed E-state index contributed by atoms with van der Waals surface area (Å²) >= 11 is 0. The van der Waals surface area contributed by atoms with Crippen molar-refractivity contribution in [3.05, 3.63) is 0 Å². The molecule has 17 atom stereocenters. The SMILES string of the molecule is CC(=O)NC1[C@H](OCCCCCC(=O)NCCCCC(CC(=O)C(CCCCNC(=O)CCCCCO[C@@H]2OC(CO)[C@H](O)[C@H](O)C2C)NC(=O)CCCCCO[C@@H]2OC(CO)[C@H](O)[C@H](O)C2C)C(=O)C(C)C)OC(CO)[C@H](O)[C@@H]1O. The second kappa shape index (κ2) is 39.3. The van der Waals surface area contributed by atoms with Crippen LogP contribution in [-0.2, 0) is 57.2 Å². The van der Waals surface area contributed by atoms with Gasteiger partial charge in [-0.05, 0) is 70.6 Å². The lowest BCUT2D eigenvalue weighted by Gasteiger charge is -2.42. The van der Waals surface area contributed by atoms with Crippen molar-refractivity contribution in [3.8, 4) is 0 Å². The van der Waals surface area contributed by atoms with E-state index < -0.39 is 129 Å². The highest BCUT2D eigenvalue weighted by Gasteiger charge is 2.46. The number of carbonyl (C=O) groups excluding carboxylic acids is 6. The Morgan fingerprint density at radius 3 is 1.33 bits per heavy atom. The summed E-state index contributed by atoms with van der Waals surface area (Å²) in [5, 5.41) is 101. The lowest BCUT2D eigenvalue weighted by molar-refractivity contribution is -0.282. The van der Waals surface area contributed by atoms with Crippen molar-refractivity contribution in [2.75, 3.05) is 52.7 Å². The second-order valence-electron chi connectivity index (χ2n) is 22.3. The highest BCUT2D eigenvalue weighted by atomic mass is 16.7. The molecule has 0 aliphatic carbocycles. The smallest absolute Gasteiger partial charge is 0.220 e. The Kier molecular flexibility index (Phi) is 34.9. The molecular formula is C56H100N4O21. The number of nitrogens with one attached hydrogen (secondary N) is 4. The van der Waals surface area contributed by atoms with Crippen LogP contribution >= 0.6 is 0 Å². The highest BCUT2D eigenvalue weighted by molar-refractivity contribution is 5.93. The molecule has 3 fully saturated rings. The Morgan fingerprint density at radius 1 is 0.494 bits per heavy atom. The van der Waals surface area contributed by atoms with Crippen molar-refractivity contribution in [2.24, 2.45) is 23.7 Å². The molecule has 3 heterocycles. The van der Waals surface area contributed by atoms with Crippen molar-refractivity contribution in [1.82, 2.24) is 21.3 Å². The third kappa shape index (κ3) is 25.4. The zero-order valence-corrected chi connectivity index (χ0v) is 48.4. The normalized spacial score (nSPS) is 29.4. The predicted molar refractivity (Wildman–Crippen MR) is 291 cm³/mol. The van der Waals surface area contributed by atoms with Crippen LogP contribution in [-0.4, -0.2) is 220 Å². The van der Waals surface area contributed by atoms with Gasteiger partial charge in [-0.1, -0.05) is 53.4 Å². The minimum absolute atomic E-state index is 0.0724. The molecule has 0 aromatic heterocycles. The first-order valence-electron chi connectivity index (χ1n) is 29.5. The van der Waals surface area contributed by atoms with Gasteiger partial charge in [-0.2, -0.15) is 0 Å². The number of unbranched alkanes of at least 4 members (excludes halogenated alkanes) is 8. The zero-order valence-electron chi connectivity index (χ0n) is 48.4. The predicted octanol–water partition coefficient (Wildman–Crippen LogP) is -0.330. The molecule has 25 heteroatoms. The van der Waals surface area contributed by atoms with Gasteiger partial charge in [-0.15, -0.1) is 0 Å². The molecule has 0 radical (unpaired) electrons. The van der Waals surface area contributed by atoms with Gasteiger partial charge in [-0.3, -0.25) is 28.8 Å². The van der Waals surface area contributed by atoms with E-state index in [0.29, 0.717) is 110 Å². The van der Waals surface area contributed by atoms with Crippen molar-refractivity contribution in [3.63, 3.8) is 0 Å². The van der Waals surface area contributed by atoms with E-state index in [9.17, 15) is 74.7 Å². The summed E-state index contributed by atoms with van der Waals surface area (Å²) in [5.74, 6) is -3.39. The maximum Gasteiger partial charge on any atom is 0.220 e. The second-order valence-corrected chi connectivity index (χ2v) is 22.3. The average Bonchev–Trinajstić information content (AvgIpc) is 3.49. The first kappa shape index (κ1) is 71.9. The summed E-state index contributed by atoms with van der Waals surface area (Å²) in [4.78, 5) is 77.9. The van der Waals surface area contributed by atoms with E-state index in [1.807, 2.05) is 0 Å². The number of aliphatic hydroxyl groups excluding tert-OH is 9. The molecule has 0 saturated carbocycles. The fourth-order valence-electron chi connectivity index (χ4n) is 10.1. The Morgan fingerprint density at radius 2 is 0.901 bits per heavy atom. The Balaban J connectivity index is 1.44. The van der Waals surface area contributed by atoms with Gasteiger partial charge in [0.2, 0.25) is 23.6 Å². The lowest BCUT2D eigenvalue weighted by atomic mass is 9.85. The summed E-state index contributed by atoms with van der Waals surface area (Å²) in [7, 11) is 0. The summed E-state index contributed by atoms with van der Waals surface area (Å²) in [6.45, 7) is 8.13. The van der Waals surface area contributed by atoms with Crippen LogP contribution in [0.4, 0.5) is 0 Å². The minimum atomic E-state index is -1.42. The number of carbonyl (C=O) groups is 6. The van der Waals surface area contributed by atoms with Crippen LogP contribution in [0.15, 0.2) is 0 Å². The van der Waals surface area contributed by atoms with Crippen molar-refractivity contribution < 1.29 is 103 Å². The van der Waals surface area contributed by atoms with Crippen LogP contribution in [0.5, 0.6) is 0 Å². The number of aliphatic hydroxyl groups is 9. The molecule has 0 spiro atoms. The van der Waals surface area contributed by atoms with Gasteiger partial charge in [0, 0.05) is 89.2 Å². The minimum Gasteiger partial charge on any atom is -0.394 e. The molecule has 25 nitrogen and oxygen atoms in total. The number of Topliss-reactive ketones (excluding diaryl/α,β-unsaturated/α-hetero) is 2. The van der Waals surface area contributed by atoms with E-state index in [1.54, 1.807) is 27.7 Å². The van der Waals surface area contributed by atoms with E-state index >= 15 is 0 Å². The van der Waals surface area contributed by atoms with E-state index in [4.69, 9.17) is 28.4 Å². The molecule has 3 aliphatic rings. The van der Waals surface area contributed by atoms with E-state index in [0.717, 1.165) is 0 Å². The molecule has 4 amide bonds. The van der Waals surface area contributed by atoms with Crippen LogP contribution in [0, 0.1) is 23.7 Å². The molecule has 13 N–H and O–H groups in total. The summed E-state index contributed by atoms with van der Waals surface area (Å²) in [5.41, 5.74) is 0. The standard InChI is InChI=1S/C56H100N4O21/c1-33(2)47(69)37(19-12-14-24-57-43(66)22-10-7-18-28-78-56-46(59-36(5)64)53(75)52(74)42(32-63)81-56)29-39(65)38(60-45(68)23-11-8-17-27-77-55-35(4)49(71)51(73)41(31-62)80-55)20-13-15-25-58-44(67)21-9-6-16-26-76-54-34(3)48(70)50(72)40(30-61)79-54/h33-35,37-38,40-42,46,48-56,61-63,70-75H,6-32H2,1-5H3,(H,57,66)(H,58,67)(H,59,64)(H,60,68)/t34?,35?,37?,38?,40?,41?,42?,46?,48-,49-,50+,51+,52+,53-,54-,55-,56-/m1/s1. The molecule has 3 rings (SSSR count). The third-order valence-corrected chi connectivity index (χ3v) is 15.3. The molecule has 81 heavy (non-hydrogen) atoms. The number of hydrogen-bond acceptors (Lipinski definition) is 21. The highest BCUT2D eigenvalue weighted by Crippen LogP contribution is 2.29. The molecule has 8 unspecified atom stereocenters. The number of ether oxygens (including phenoxy) is 6. The van der Waals surface area contributed by atoms with Gasteiger partial charge < -0.3 is 95.6 Å². The van der Waals surface area contributed by atoms with Crippen LogP contribution in [0.25, 0.3) is 0 Å². The number of rotatable bonds is 41. The molecule has 0 aromatic carbocycles. The van der Waals surface area contributed by atoms with Gasteiger partial charge in [0.05, 0.1) is 38.1 Å². The summed E-state index contributed by atoms with van der Waals surface area (Å²) < 4.78 is 34.1. The topological polar surface area (TPSA) is 388 Å². The Bertz CT molecular complexity index is 1830. The zero-order chi connectivity index (χ0) is 60.0. The van der Waals surface area contributed by atoms with E-state index in [-0.39, 0.29) is 80.5 Å². The van der Waals surface area contributed by atoms with Gasteiger partial charge in [-0.25, -0.2) is 0 Å². The van der Waals surface area contributed by atoms with Crippen LogP contribution in [0.1, 0.15) is 157 Å². The fraction of sp³-hybridized carbons (Fsp3) is 0.893. The summed E-state index contributed by atoms with van der Waals surface area (Å²) in [6.07, 6.45) is -4.51. The molecule has 0 bridgehead atoms. The molecule has 3 aliphatic heterocycles. The largest absolute Gasteiger partial charge is 0.394 e. The maximum atomic E-state index is 14.1. The van der Waals surface area contributed by atoms with Gasteiger partial charge in [0.1, 0.15) is 54.6 Å². The first-order chi connectivity index (χ1) is 38.6. The van der Waals surface area contributed by atoms with E-state index in [1.165, 1.54) is 6.92 Å². The number of ketones is 2. The van der Waals surface area contributed by atoms with Gasteiger partial charge in [0.25, 0.3) is 0 Å². The van der Waals surface area contributed by atoms with Crippen LogP contribution in [0.3, 0.4) is 0 Å². The lowest BCUT2D eigenvalue weighted by Crippen LogP contribution is -2.64. The van der Waals surface area contributed by atoms with Crippen molar-refractivity contribution in [2.45, 2.75) is 243 Å². The van der Waals surface area contributed by atoms with Gasteiger partial charge in [0.15, 0.2) is 24.7 Å². The van der Waals surface area contributed by atoms with Crippen molar-refractivity contribution in [1.29, 1.82) is 0 Å².